The first kappa shape index (κ1) is 13.7. The fourth-order valence-corrected chi connectivity index (χ4v) is 3.04. The molecule has 2 heterocycles. The van der Waals surface area contributed by atoms with Crippen molar-refractivity contribution >= 4 is 22.6 Å². The Bertz CT molecular complexity index is 591. The summed E-state index contributed by atoms with van der Waals surface area (Å²) in [5, 5.41) is 0. The molecule has 0 amide bonds. The summed E-state index contributed by atoms with van der Waals surface area (Å²) in [4.78, 5) is 4.74. The monoisotopic (exact) mass is 294 g/mol. The largest absolute Gasteiger partial charge is 0.497 e. The summed E-state index contributed by atoms with van der Waals surface area (Å²) in [6.45, 7) is 1.64. The van der Waals surface area contributed by atoms with Gasteiger partial charge in [0.2, 0.25) is 0 Å². The van der Waals surface area contributed by atoms with Crippen LogP contribution in [0, 0.1) is 0 Å². The highest BCUT2D eigenvalue weighted by atomic mass is 35.5. The first-order valence-electron chi connectivity index (χ1n) is 7.02. The van der Waals surface area contributed by atoms with Gasteiger partial charge in [-0.1, -0.05) is 0 Å². The number of imidazole rings is 1. The number of hydrogen-bond acceptors (Lipinski definition) is 3. The average Bonchev–Trinajstić information content (AvgIpc) is 2.85. The maximum absolute atomic E-state index is 5.93. The first-order chi connectivity index (χ1) is 9.83. The lowest BCUT2D eigenvalue weighted by atomic mass is 10.1. The van der Waals surface area contributed by atoms with Crippen molar-refractivity contribution in [3.63, 3.8) is 0 Å². The third-order valence-electron chi connectivity index (χ3n) is 3.84. The van der Waals surface area contributed by atoms with Crippen LogP contribution in [0.3, 0.4) is 0 Å². The van der Waals surface area contributed by atoms with Crippen LogP contribution in [0.2, 0.25) is 0 Å². The maximum atomic E-state index is 5.93. The van der Waals surface area contributed by atoms with Crippen LogP contribution in [-0.4, -0.2) is 35.8 Å². The molecule has 1 aromatic heterocycles. The van der Waals surface area contributed by atoms with Crippen molar-refractivity contribution in [3.05, 3.63) is 24.0 Å². The molecule has 0 saturated carbocycles. The zero-order chi connectivity index (χ0) is 13.9. The number of nitrogens with zero attached hydrogens (tertiary/aromatic N) is 2. The topological polar surface area (TPSA) is 36.3 Å². The van der Waals surface area contributed by atoms with Crippen LogP contribution in [0.1, 0.15) is 24.7 Å². The van der Waals surface area contributed by atoms with Gasteiger partial charge in [-0.2, -0.15) is 0 Å². The lowest BCUT2D eigenvalue weighted by Crippen LogP contribution is -2.21. The van der Waals surface area contributed by atoms with E-state index >= 15 is 0 Å². The number of halogens is 1. The van der Waals surface area contributed by atoms with Gasteiger partial charge < -0.3 is 14.0 Å². The van der Waals surface area contributed by atoms with E-state index in [-0.39, 0.29) is 0 Å². The van der Waals surface area contributed by atoms with Gasteiger partial charge in [-0.25, -0.2) is 4.98 Å². The molecule has 1 saturated heterocycles. The van der Waals surface area contributed by atoms with Gasteiger partial charge in [0.15, 0.2) is 0 Å². The van der Waals surface area contributed by atoms with Gasteiger partial charge in [0, 0.05) is 37.6 Å². The number of aromatic nitrogens is 2. The minimum Gasteiger partial charge on any atom is -0.497 e. The van der Waals surface area contributed by atoms with Crippen molar-refractivity contribution < 1.29 is 9.47 Å². The average molecular weight is 295 g/mol. The summed E-state index contributed by atoms with van der Waals surface area (Å²) in [5.74, 6) is 2.49. The fraction of sp³-hybridized carbons (Fsp3) is 0.533. The molecule has 0 atom stereocenters. The van der Waals surface area contributed by atoms with Crippen LogP contribution >= 0.6 is 11.6 Å². The van der Waals surface area contributed by atoms with Gasteiger partial charge in [-0.15, -0.1) is 11.6 Å². The zero-order valence-electron chi connectivity index (χ0n) is 11.6. The van der Waals surface area contributed by atoms with Gasteiger partial charge >= 0.3 is 0 Å². The van der Waals surface area contributed by atoms with Crippen LogP contribution in [0.5, 0.6) is 5.75 Å². The molecule has 0 aliphatic carbocycles. The lowest BCUT2D eigenvalue weighted by Gasteiger charge is -2.25. The number of aryl methyl sites for hydroxylation is 1. The SMILES string of the molecule is COc1ccc2c(c1)nc(CCCl)n2C1CCOCC1. The number of rotatable bonds is 4. The summed E-state index contributed by atoms with van der Waals surface area (Å²) < 4.78 is 13.1. The Balaban J connectivity index is 2.08. The second kappa shape index (κ2) is 6.02. The highest BCUT2D eigenvalue weighted by molar-refractivity contribution is 6.17. The predicted molar refractivity (Wildman–Crippen MR) is 79.8 cm³/mol. The minimum absolute atomic E-state index is 0.459. The Kier molecular flexibility index (Phi) is 4.13. The predicted octanol–water partition coefficient (Wildman–Crippen LogP) is 3.18. The van der Waals surface area contributed by atoms with Crippen molar-refractivity contribution in [2.75, 3.05) is 26.2 Å². The van der Waals surface area contributed by atoms with E-state index in [0.29, 0.717) is 11.9 Å². The number of benzene rings is 1. The highest BCUT2D eigenvalue weighted by Gasteiger charge is 2.21. The molecule has 1 fully saturated rings. The fourth-order valence-electron chi connectivity index (χ4n) is 2.87. The number of hydrogen-bond donors (Lipinski definition) is 0. The van der Waals surface area contributed by atoms with Crippen molar-refractivity contribution in [1.29, 1.82) is 0 Å². The molecule has 5 heteroatoms. The van der Waals surface area contributed by atoms with Crippen molar-refractivity contribution in [1.82, 2.24) is 9.55 Å². The van der Waals surface area contributed by atoms with Crippen LogP contribution in [0.15, 0.2) is 18.2 Å². The molecule has 0 radical (unpaired) electrons. The Morgan fingerprint density at radius 3 is 2.90 bits per heavy atom. The molecule has 108 valence electrons. The van der Waals surface area contributed by atoms with Crippen molar-refractivity contribution in [2.45, 2.75) is 25.3 Å². The second-order valence-electron chi connectivity index (χ2n) is 5.04. The molecule has 20 heavy (non-hydrogen) atoms. The van der Waals surface area contributed by atoms with E-state index in [0.717, 1.165) is 55.1 Å². The first-order valence-corrected chi connectivity index (χ1v) is 7.55. The molecule has 3 rings (SSSR count). The third-order valence-corrected chi connectivity index (χ3v) is 4.03. The second-order valence-corrected chi connectivity index (χ2v) is 5.41. The van der Waals surface area contributed by atoms with Gasteiger partial charge in [-0.05, 0) is 25.0 Å². The Labute approximate surface area is 123 Å². The number of ether oxygens (including phenoxy) is 2. The molecule has 2 aromatic rings. The standard InChI is InChI=1S/C15H19ClN2O2/c1-19-12-2-3-14-13(10-12)17-15(4-7-16)18(14)11-5-8-20-9-6-11/h2-3,10-11H,4-9H2,1H3. The van der Waals surface area contributed by atoms with Crippen LogP contribution in [0.25, 0.3) is 11.0 Å². The van der Waals surface area contributed by atoms with E-state index in [4.69, 9.17) is 26.1 Å². The van der Waals surface area contributed by atoms with Crippen LogP contribution in [-0.2, 0) is 11.2 Å². The van der Waals surface area contributed by atoms with Crippen LogP contribution < -0.4 is 4.74 Å². The van der Waals surface area contributed by atoms with E-state index in [1.54, 1.807) is 7.11 Å². The van der Waals surface area contributed by atoms with Gasteiger partial charge in [0.05, 0.1) is 18.1 Å². The minimum atomic E-state index is 0.459. The molecule has 1 aliphatic rings. The Morgan fingerprint density at radius 1 is 1.40 bits per heavy atom. The molecule has 4 nitrogen and oxygen atoms in total. The van der Waals surface area contributed by atoms with E-state index < -0.39 is 0 Å². The normalized spacial score (nSPS) is 16.7. The maximum Gasteiger partial charge on any atom is 0.121 e. The summed E-state index contributed by atoms with van der Waals surface area (Å²) in [5.41, 5.74) is 2.15. The smallest absolute Gasteiger partial charge is 0.121 e. The quantitative estimate of drug-likeness (QED) is 0.813. The lowest BCUT2D eigenvalue weighted by molar-refractivity contribution is 0.0699. The molecule has 0 unspecified atom stereocenters. The van der Waals surface area contributed by atoms with Gasteiger partial charge in [-0.3, -0.25) is 0 Å². The summed E-state index contributed by atoms with van der Waals surface area (Å²) in [6, 6.07) is 6.53. The van der Waals surface area contributed by atoms with E-state index in [2.05, 4.69) is 10.6 Å². The molecule has 0 N–H and O–H groups in total. The molecule has 0 bridgehead atoms. The van der Waals surface area contributed by atoms with E-state index in [1.807, 2.05) is 12.1 Å². The Hall–Kier alpha value is -1.26. The number of fused-ring (bicyclic) bond motifs is 1. The molecule has 1 aromatic carbocycles. The van der Waals surface area contributed by atoms with Gasteiger partial charge in [0.1, 0.15) is 11.6 Å². The number of methoxy groups -OCH3 is 1. The molecular weight excluding hydrogens is 276 g/mol. The molecule has 0 spiro atoms. The molecule has 1 aliphatic heterocycles. The summed E-state index contributed by atoms with van der Waals surface area (Å²) in [6.07, 6.45) is 2.86. The van der Waals surface area contributed by atoms with Crippen molar-refractivity contribution in [2.24, 2.45) is 0 Å². The van der Waals surface area contributed by atoms with Gasteiger partial charge in [0.25, 0.3) is 0 Å². The highest BCUT2D eigenvalue weighted by Crippen LogP contribution is 2.30. The third kappa shape index (κ3) is 2.50. The molecular formula is C15H19ClN2O2. The zero-order valence-corrected chi connectivity index (χ0v) is 12.4. The van der Waals surface area contributed by atoms with E-state index in [1.165, 1.54) is 0 Å². The number of alkyl halides is 1. The van der Waals surface area contributed by atoms with Crippen molar-refractivity contribution in [3.8, 4) is 5.75 Å². The van der Waals surface area contributed by atoms with E-state index in [9.17, 15) is 0 Å². The van der Waals surface area contributed by atoms with Crippen LogP contribution in [0.4, 0.5) is 0 Å². The summed E-state index contributed by atoms with van der Waals surface area (Å²) in [7, 11) is 1.68. The Morgan fingerprint density at radius 2 is 2.20 bits per heavy atom. The summed E-state index contributed by atoms with van der Waals surface area (Å²) >= 11 is 5.93.